The maximum absolute atomic E-state index is 12.8. The van der Waals surface area contributed by atoms with Gasteiger partial charge in [0.05, 0.1) is 22.1 Å². The third-order valence-corrected chi connectivity index (χ3v) is 3.83. The molecular weight excluding hydrogens is 299 g/mol. The molecule has 2 atom stereocenters. The molecule has 0 aromatic heterocycles. The smallest absolute Gasteiger partial charge is 0.381 e. The van der Waals surface area contributed by atoms with Crippen LogP contribution in [-0.4, -0.2) is 17.1 Å². The fourth-order valence-electron chi connectivity index (χ4n) is 2.70. The Morgan fingerprint density at radius 2 is 2.09 bits per heavy atom. The van der Waals surface area contributed by atoms with Crippen molar-refractivity contribution < 1.29 is 18.1 Å². The van der Waals surface area contributed by atoms with Crippen LogP contribution in [0.25, 0.3) is 0 Å². The second kappa shape index (κ2) is 6.22. The zero-order valence-electron chi connectivity index (χ0n) is 11.6. The summed E-state index contributed by atoms with van der Waals surface area (Å²) in [4.78, 5) is 10.1. The van der Waals surface area contributed by atoms with Gasteiger partial charge in [-0.25, -0.2) is 0 Å². The van der Waals surface area contributed by atoms with Crippen LogP contribution in [-0.2, 0) is 0 Å². The van der Waals surface area contributed by atoms with E-state index in [1.165, 1.54) is 12.1 Å². The molecule has 0 unspecified atom stereocenters. The van der Waals surface area contributed by atoms with Crippen molar-refractivity contribution in [1.82, 2.24) is 0 Å². The van der Waals surface area contributed by atoms with Gasteiger partial charge in [-0.15, -0.1) is 0 Å². The Morgan fingerprint density at radius 1 is 1.36 bits per heavy atom. The van der Waals surface area contributed by atoms with E-state index < -0.39 is 23.1 Å². The fraction of sp³-hybridized carbons (Fsp3) is 0.500. The van der Waals surface area contributed by atoms with Crippen molar-refractivity contribution in [1.29, 1.82) is 5.26 Å². The minimum Gasteiger partial charge on any atom is -0.381 e. The van der Waals surface area contributed by atoms with Crippen LogP contribution >= 0.6 is 0 Å². The van der Waals surface area contributed by atoms with Crippen LogP contribution in [0.5, 0.6) is 0 Å². The molecule has 1 aromatic carbocycles. The zero-order chi connectivity index (χ0) is 16.3. The molecule has 0 amide bonds. The number of hydrogen-bond acceptors (Lipinski definition) is 4. The van der Waals surface area contributed by atoms with Crippen LogP contribution < -0.4 is 5.32 Å². The SMILES string of the molecule is N#Cc1cc([N+](=O)[O-])ccc1N[C@H]1CCC[C@H](C(F)(F)F)C1. The second-order valence-corrected chi connectivity index (χ2v) is 5.35. The lowest BCUT2D eigenvalue weighted by Crippen LogP contribution is -2.34. The van der Waals surface area contributed by atoms with E-state index in [1.807, 2.05) is 6.07 Å². The van der Waals surface area contributed by atoms with E-state index in [9.17, 15) is 23.3 Å². The molecule has 22 heavy (non-hydrogen) atoms. The molecule has 1 N–H and O–H groups in total. The molecule has 5 nitrogen and oxygen atoms in total. The summed E-state index contributed by atoms with van der Waals surface area (Å²) in [5.41, 5.74) is 0.170. The van der Waals surface area contributed by atoms with E-state index in [4.69, 9.17) is 5.26 Å². The molecular formula is C14H14F3N3O2. The first-order chi connectivity index (χ1) is 10.3. The Morgan fingerprint density at radius 3 is 2.68 bits per heavy atom. The number of hydrogen-bond donors (Lipinski definition) is 1. The van der Waals surface area contributed by atoms with Crippen molar-refractivity contribution >= 4 is 11.4 Å². The first kappa shape index (κ1) is 16.1. The number of nitriles is 1. The van der Waals surface area contributed by atoms with Crippen molar-refractivity contribution in [2.45, 2.75) is 37.9 Å². The summed E-state index contributed by atoms with van der Waals surface area (Å²) in [7, 11) is 0. The number of nitrogens with one attached hydrogen (secondary N) is 1. The van der Waals surface area contributed by atoms with Gasteiger partial charge in [0.1, 0.15) is 6.07 Å². The van der Waals surface area contributed by atoms with Gasteiger partial charge in [0, 0.05) is 18.2 Å². The molecule has 0 heterocycles. The summed E-state index contributed by atoms with van der Waals surface area (Å²) in [6.45, 7) is 0. The number of halogens is 3. The van der Waals surface area contributed by atoms with Crippen LogP contribution in [0.15, 0.2) is 18.2 Å². The predicted molar refractivity (Wildman–Crippen MR) is 73.2 cm³/mol. The molecule has 0 saturated heterocycles. The molecule has 118 valence electrons. The largest absolute Gasteiger partial charge is 0.391 e. The first-order valence-electron chi connectivity index (χ1n) is 6.83. The lowest BCUT2D eigenvalue weighted by Gasteiger charge is -2.31. The molecule has 1 aliphatic rings. The number of nitro groups is 1. The molecule has 0 bridgehead atoms. The highest BCUT2D eigenvalue weighted by Crippen LogP contribution is 2.38. The summed E-state index contributed by atoms with van der Waals surface area (Å²) in [5, 5.41) is 22.6. The van der Waals surface area contributed by atoms with E-state index in [0.29, 0.717) is 18.5 Å². The zero-order valence-corrected chi connectivity index (χ0v) is 11.6. The Balaban J connectivity index is 2.13. The number of rotatable bonds is 3. The summed E-state index contributed by atoms with van der Waals surface area (Å²) >= 11 is 0. The van der Waals surface area contributed by atoms with Gasteiger partial charge in [-0.3, -0.25) is 10.1 Å². The predicted octanol–water partition coefficient (Wildman–Crippen LogP) is 4.00. The van der Waals surface area contributed by atoms with E-state index >= 15 is 0 Å². The van der Waals surface area contributed by atoms with Crippen molar-refractivity contribution in [3.8, 4) is 6.07 Å². The maximum Gasteiger partial charge on any atom is 0.391 e. The van der Waals surface area contributed by atoms with Crippen LogP contribution in [0.2, 0.25) is 0 Å². The summed E-state index contributed by atoms with van der Waals surface area (Å²) in [6.07, 6.45) is -3.11. The molecule has 1 aromatic rings. The number of nitro benzene ring substituents is 1. The van der Waals surface area contributed by atoms with Gasteiger partial charge in [0.2, 0.25) is 0 Å². The van der Waals surface area contributed by atoms with Gasteiger partial charge < -0.3 is 5.32 Å². The van der Waals surface area contributed by atoms with Crippen molar-refractivity contribution in [3.63, 3.8) is 0 Å². The topological polar surface area (TPSA) is 79.0 Å². The maximum atomic E-state index is 12.8. The first-order valence-corrected chi connectivity index (χ1v) is 6.83. The highest BCUT2D eigenvalue weighted by Gasteiger charge is 2.42. The molecule has 0 radical (unpaired) electrons. The Hall–Kier alpha value is -2.30. The second-order valence-electron chi connectivity index (χ2n) is 5.35. The van der Waals surface area contributed by atoms with E-state index in [1.54, 1.807) is 0 Å². The number of non-ortho nitro benzene ring substituents is 1. The van der Waals surface area contributed by atoms with Crippen molar-refractivity contribution in [2.24, 2.45) is 5.92 Å². The minimum atomic E-state index is -4.21. The van der Waals surface area contributed by atoms with E-state index in [-0.39, 0.29) is 24.1 Å². The molecule has 1 fully saturated rings. The standard InChI is InChI=1S/C14H14F3N3O2/c15-14(16,17)10-2-1-3-11(7-10)19-13-5-4-12(20(21)22)6-9(13)8-18/h4-6,10-11,19H,1-3,7H2/t10-,11-/m0/s1. The third-order valence-electron chi connectivity index (χ3n) is 3.83. The molecule has 0 spiro atoms. The molecule has 2 rings (SSSR count). The summed E-state index contributed by atoms with van der Waals surface area (Å²) in [6, 6.07) is 5.15. The molecule has 1 saturated carbocycles. The normalized spacial score (nSPS) is 21.9. The lowest BCUT2D eigenvalue weighted by atomic mass is 9.85. The van der Waals surface area contributed by atoms with E-state index in [2.05, 4.69) is 5.32 Å². The van der Waals surface area contributed by atoms with Crippen molar-refractivity contribution in [3.05, 3.63) is 33.9 Å². The Bertz CT molecular complexity index is 610. The van der Waals surface area contributed by atoms with Gasteiger partial charge in [-0.05, 0) is 25.3 Å². The highest BCUT2D eigenvalue weighted by molar-refractivity contribution is 5.61. The highest BCUT2D eigenvalue weighted by atomic mass is 19.4. The monoisotopic (exact) mass is 313 g/mol. The molecule has 8 heteroatoms. The number of anilines is 1. The van der Waals surface area contributed by atoms with Gasteiger partial charge in [0.15, 0.2) is 0 Å². The summed E-state index contributed by atoms with van der Waals surface area (Å²) in [5.74, 6) is -1.35. The van der Waals surface area contributed by atoms with Gasteiger partial charge in [0.25, 0.3) is 5.69 Å². The van der Waals surface area contributed by atoms with Gasteiger partial charge in [-0.1, -0.05) is 6.42 Å². The minimum absolute atomic E-state index is 0.0502. The van der Waals surface area contributed by atoms with Crippen LogP contribution in [0.3, 0.4) is 0 Å². The van der Waals surface area contributed by atoms with Gasteiger partial charge >= 0.3 is 6.18 Å². The molecule has 0 aliphatic heterocycles. The average molecular weight is 313 g/mol. The Labute approximate surface area is 124 Å². The number of alkyl halides is 3. The quantitative estimate of drug-likeness (QED) is 0.675. The lowest BCUT2D eigenvalue weighted by molar-refractivity contribution is -0.384. The number of nitrogens with zero attached hydrogens (tertiary/aromatic N) is 2. The molecule has 1 aliphatic carbocycles. The Kier molecular flexibility index (Phi) is 4.54. The number of benzene rings is 1. The van der Waals surface area contributed by atoms with Crippen LogP contribution in [0.1, 0.15) is 31.2 Å². The summed E-state index contributed by atoms with van der Waals surface area (Å²) < 4.78 is 38.4. The van der Waals surface area contributed by atoms with E-state index in [0.717, 1.165) is 6.07 Å². The van der Waals surface area contributed by atoms with Crippen LogP contribution in [0.4, 0.5) is 24.5 Å². The van der Waals surface area contributed by atoms with Crippen molar-refractivity contribution in [2.75, 3.05) is 5.32 Å². The average Bonchev–Trinajstić information content (AvgIpc) is 2.47. The van der Waals surface area contributed by atoms with Gasteiger partial charge in [-0.2, -0.15) is 18.4 Å². The third kappa shape index (κ3) is 3.67. The fourth-order valence-corrected chi connectivity index (χ4v) is 2.70. The van der Waals surface area contributed by atoms with Crippen LogP contribution in [0, 0.1) is 27.4 Å².